The van der Waals surface area contributed by atoms with Gasteiger partial charge in [-0.2, -0.15) is 0 Å². The van der Waals surface area contributed by atoms with E-state index in [0.29, 0.717) is 11.7 Å². The van der Waals surface area contributed by atoms with Crippen molar-refractivity contribution in [3.8, 4) is 5.75 Å². The maximum Gasteiger partial charge on any atom is 0.215 e. The summed E-state index contributed by atoms with van der Waals surface area (Å²) in [6, 6.07) is 9.27. The van der Waals surface area contributed by atoms with E-state index in [0.717, 1.165) is 19.5 Å². The van der Waals surface area contributed by atoms with Crippen molar-refractivity contribution in [2.24, 2.45) is 5.92 Å². The average Bonchev–Trinajstić information content (AvgIpc) is 2.42. The second-order valence-electron chi connectivity index (χ2n) is 5.17. The van der Waals surface area contributed by atoms with Crippen LogP contribution in [0.25, 0.3) is 0 Å². The maximum atomic E-state index is 12.0. The van der Waals surface area contributed by atoms with Gasteiger partial charge in [0.25, 0.3) is 0 Å². The van der Waals surface area contributed by atoms with Crippen LogP contribution in [0.5, 0.6) is 5.75 Å². The first-order valence-electron chi connectivity index (χ1n) is 6.95. The van der Waals surface area contributed by atoms with E-state index >= 15 is 0 Å². The summed E-state index contributed by atoms with van der Waals surface area (Å²) in [6.45, 7) is 3.93. The summed E-state index contributed by atoms with van der Waals surface area (Å²) in [7, 11) is -3.29. The predicted molar refractivity (Wildman–Crippen MR) is 79.3 cm³/mol. The standard InChI is InChI=1S/C14H22N2O3S/c1-12-11-15-8-7-14(12)16-20(17,18)10-9-19-13-5-3-2-4-6-13/h2-6,12,14-16H,7-11H2,1H3/t12-,14+/m0/s1. The Balaban J connectivity index is 1.79. The zero-order chi connectivity index (χ0) is 14.4. The summed E-state index contributed by atoms with van der Waals surface area (Å²) >= 11 is 0. The van der Waals surface area contributed by atoms with Crippen LogP contribution in [0.15, 0.2) is 30.3 Å². The lowest BCUT2D eigenvalue weighted by Crippen LogP contribution is -2.49. The molecule has 20 heavy (non-hydrogen) atoms. The Morgan fingerprint density at radius 3 is 2.80 bits per heavy atom. The Bertz CT molecular complexity index is 504. The van der Waals surface area contributed by atoms with E-state index in [2.05, 4.69) is 17.0 Å². The minimum atomic E-state index is -3.29. The van der Waals surface area contributed by atoms with Crippen LogP contribution in [-0.4, -0.2) is 39.9 Å². The Hall–Kier alpha value is -1.11. The lowest BCUT2D eigenvalue weighted by Gasteiger charge is -2.29. The molecule has 1 fully saturated rings. The summed E-state index contributed by atoms with van der Waals surface area (Å²) in [5.41, 5.74) is 0. The van der Waals surface area contributed by atoms with Crippen LogP contribution in [0.4, 0.5) is 0 Å². The highest BCUT2D eigenvalue weighted by Crippen LogP contribution is 2.12. The van der Waals surface area contributed by atoms with Gasteiger partial charge in [-0.3, -0.25) is 0 Å². The van der Waals surface area contributed by atoms with Gasteiger partial charge in [-0.25, -0.2) is 13.1 Å². The molecule has 2 atom stereocenters. The van der Waals surface area contributed by atoms with Crippen molar-refractivity contribution < 1.29 is 13.2 Å². The molecule has 0 aliphatic carbocycles. The van der Waals surface area contributed by atoms with Crippen LogP contribution >= 0.6 is 0 Å². The van der Waals surface area contributed by atoms with Crippen LogP contribution in [0, 0.1) is 5.92 Å². The summed E-state index contributed by atoms with van der Waals surface area (Å²) in [4.78, 5) is 0. The van der Waals surface area contributed by atoms with E-state index in [1.54, 1.807) is 0 Å². The molecule has 1 heterocycles. The van der Waals surface area contributed by atoms with Gasteiger partial charge in [0.15, 0.2) is 0 Å². The van der Waals surface area contributed by atoms with Crippen molar-refractivity contribution in [2.45, 2.75) is 19.4 Å². The highest BCUT2D eigenvalue weighted by Gasteiger charge is 2.25. The fraction of sp³-hybridized carbons (Fsp3) is 0.571. The van der Waals surface area contributed by atoms with Crippen LogP contribution in [0.1, 0.15) is 13.3 Å². The molecule has 0 amide bonds. The molecule has 0 saturated carbocycles. The fourth-order valence-electron chi connectivity index (χ4n) is 2.26. The number of sulfonamides is 1. The van der Waals surface area contributed by atoms with Gasteiger partial charge in [0, 0.05) is 6.04 Å². The van der Waals surface area contributed by atoms with Crippen LogP contribution in [0.2, 0.25) is 0 Å². The molecule has 1 aromatic rings. The number of piperidine rings is 1. The number of rotatable bonds is 6. The first-order valence-corrected chi connectivity index (χ1v) is 8.60. The van der Waals surface area contributed by atoms with Gasteiger partial charge >= 0.3 is 0 Å². The Labute approximate surface area is 120 Å². The number of benzene rings is 1. The largest absolute Gasteiger partial charge is 0.492 e. The molecule has 0 radical (unpaired) electrons. The van der Waals surface area contributed by atoms with Crippen molar-refractivity contribution in [3.05, 3.63) is 30.3 Å². The summed E-state index contributed by atoms with van der Waals surface area (Å²) in [5, 5.41) is 3.26. The second kappa shape index (κ2) is 7.06. The van der Waals surface area contributed by atoms with Crippen LogP contribution < -0.4 is 14.8 Å². The van der Waals surface area contributed by atoms with Crippen LogP contribution in [0.3, 0.4) is 0 Å². The molecular formula is C14H22N2O3S. The number of hydrogen-bond acceptors (Lipinski definition) is 4. The van der Waals surface area contributed by atoms with Gasteiger partial charge in [-0.15, -0.1) is 0 Å². The molecular weight excluding hydrogens is 276 g/mol. The smallest absolute Gasteiger partial charge is 0.215 e. The highest BCUT2D eigenvalue weighted by atomic mass is 32.2. The molecule has 5 nitrogen and oxygen atoms in total. The summed E-state index contributed by atoms with van der Waals surface area (Å²) in [5.74, 6) is 0.991. The third-order valence-electron chi connectivity index (χ3n) is 3.48. The molecule has 1 aliphatic rings. The summed E-state index contributed by atoms with van der Waals surface area (Å²) in [6.07, 6.45) is 0.833. The molecule has 0 spiro atoms. The molecule has 112 valence electrons. The van der Waals surface area contributed by atoms with Crippen molar-refractivity contribution in [1.82, 2.24) is 10.0 Å². The van der Waals surface area contributed by atoms with Crippen molar-refractivity contribution in [3.63, 3.8) is 0 Å². The zero-order valence-corrected chi connectivity index (χ0v) is 12.5. The van der Waals surface area contributed by atoms with Gasteiger partial charge in [-0.05, 0) is 37.6 Å². The quantitative estimate of drug-likeness (QED) is 0.821. The Morgan fingerprint density at radius 2 is 2.10 bits per heavy atom. The topological polar surface area (TPSA) is 67.4 Å². The Kier molecular flexibility index (Phi) is 5.39. The van der Waals surface area contributed by atoms with Gasteiger partial charge in [0.1, 0.15) is 12.4 Å². The number of para-hydroxylation sites is 1. The number of ether oxygens (including phenoxy) is 1. The molecule has 1 saturated heterocycles. The highest BCUT2D eigenvalue weighted by molar-refractivity contribution is 7.89. The molecule has 1 aromatic carbocycles. The van der Waals surface area contributed by atoms with Crippen molar-refractivity contribution >= 4 is 10.0 Å². The minimum Gasteiger partial charge on any atom is -0.492 e. The summed E-state index contributed by atoms with van der Waals surface area (Å²) < 4.78 is 32.3. The monoisotopic (exact) mass is 298 g/mol. The van der Waals surface area contributed by atoms with Gasteiger partial charge in [0.05, 0.1) is 5.75 Å². The first kappa shape index (κ1) is 15.3. The normalized spacial score (nSPS) is 23.4. The molecule has 2 rings (SSSR count). The molecule has 1 aliphatic heterocycles. The SMILES string of the molecule is C[C@H]1CNCC[C@H]1NS(=O)(=O)CCOc1ccccc1. The fourth-order valence-corrected chi connectivity index (χ4v) is 3.50. The van der Waals surface area contributed by atoms with Crippen molar-refractivity contribution in [1.29, 1.82) is 0 Å². The molecule has 0 aromatic heterocycles. The van der Waals surface area contributed by atoms with E-state index < -0.39 is 10.0 Å². The van der Waals surface area contributed by atoms with E-state index in [1.807, 2.05) is 30.3 Å². The van der Waals surface area contributed by atoms with E-state index in [4.69, 9.17) is 4.74 Å². The molecule has 6 heteroatoms. The second-order valence-corrected chi connectivity index (χ2v) is 7.05. The lowest BCUT2D eigenvalue weighted by atomic mass is 9.97. The molecule has 2 N–H and O–H groups in total. The molecule has 0 unspecified atom stereocenters. The first-order chi connectivity index (χ1) is 9.57. The van der Waals surface area contributed by atoms with E-state index in [-0.39, 0.29) is 18.4 Å². The Morgan fingerprint density at radius 1 is 1.35 bits per heavy atom. The maximum absolute atomic E-state index is 12.0. The number of nitrogens with one attached hydrogen (secondary N) is 2. The third-order valence-corrected chi connectivity index (χ3v) is 4.85. The number of hydrogen-bond donors (Lipinski definition) is 2. The van der Waals surface area contributed by atoms with Gasteiger partial charge in [0.2, 0.25) is 10.0 Å². The lowest BCUT2D eigenvalue weighted by molar-refractivity contribution is 0.322. The van der Waals surface area contributed by atoms with E-state index in [1.165, 1.54) is 0 Å². The average molecular weight is 298 g/mol. The molecule has 0 bridgehead atoms. The van der Waals surface area contributed by atoms with Gasteiger partial charge < -0.3 is 10.1 Å². The minimum absolute atomic E-state index is 0.0153. The third kappa shape index (κ3) is 4.77. The van der Waals surface area contributed by atoms with Crippen LogP contribution in [-0.2, 0) is 10.0 Å². The van der Waals surface area contributed by atoms with Crippen molar-refractivity contribution in [2.75, 3.05) is 25.4 Å². The zero-order valence-electron chi connectivity index (χ0n) is 11.7. The van der Waals surface area contributed by atoms with Gasteiger partial charge in [-0.1, -0.05) is 25.1 Å². The van der Waals surface area contributed by atoms with E-state index in [9.17, 15) is 8.42 Å². The predicted octanol–water partition coefficient (Wildman–Crippen LogP) is 0.983.